The Morgan fingerprint density at radius 3 is 2.50 bits per heavy atom. The van der Waals surface area contributed by atoms with Crippen molar-refractivity contribution in [2.75, 3.05) is 44.2 Å². The van der Waals surface area contributed by atoms with E-state index in [1.807, 2.05) is 23.1 Å². The van der Waals surface area contributed by atoms with E-state index in [9.17, 15) is 14.0 Å². The Hall–Kier alpha value is -2.25. The van der Waals surface area contributed by atoms with Crippen molar-refractivity contribution in [1.29, 1.82) is 0 Å². The minimum absolute atomic E-state index is 0.103. The van der Waals surface area contributed by atoms with Crippen LogP contribution in [0.2, 0.25) is 0 Å². The summed E-state index contributed by atoms with van der Waals surface area (Å²) >= 11 is 3.26. The maximum absolute atomic E-state index is 13.2. The minimum Gasteiger partial charge on any atom is -0.336 e. The number of nitrogens with zero attached hydrogens (tertiary/aromatic N) is 3. The number of carbonyl (C=O) groups is 2. The lowest BCUT2D eigenvalue weighted by molar-refractivity contribution is -0.120. The third-order valence-corrected chi connectivity index (χ3v) is 6.02. The van der Waals surface area contributed by atoms with E-state index in [1.165, 1.54) is 23.8 Å². The predicted molar refractivity (Wildman–Crippen MR) is 109 cm³/mol. The highest BCUT2D eigenvalue weighted by Crippen LogP contribution is 2.27. The van der Waals surface area contributed by atoms with Gasteiger partial charge in [0.25, 0.3) is 5.91 Å². The van der Waals surface area contributed by atoms with Crippen molar-refractivity contribution in [3.8, 4) is 0 Å². The van der Waals surface area contributed by atoms with E-state index in [4.69, 9.17) is 0 Å². The molecule has 0 spiro atoms. The summed E-state index contributed by atoms with van der Waals surface area (Å²) in [6, 6.07) is 12.1. The largest absolute Gasteiger partial charge is 0.336 e. The maximum Gasteiger partial charge on any atom is 0.255 e. The molecule has 0 N–H and O–H groups in total. The van der Waals surface area contributed by atoms with Gasteiger partial charge in [0.1, 0.15) is 5.82 Å². The average Bonchev–Trinajstić information content (AvgIpc) is 3.12. The van der Waals surface area contributed by atoms with E-state index in [0.29, 0.717) is 42.8 Å². The van der Waals surface area contributed by atoms with Gasteiger partial charge in [0, 0.05) is 42.9 Å². The quantitative estimate of drug-likeness (QED) is 0.729. The summed E-state index contributed by atoms with van der Waals surface area (Å²) in [6.07, 6.45) is 0.900. The summed E-state index contributed by atoms with van der Waals surface area (Å²) in [4.78, 5) is 31.1. The molecule has 146 valence electrons. The minimum atomic E-state index is -0.379. The number of carbonyl (C=O) groups excluding carboxylic acids is 2. The maximum atomic E-state index is 13.2. The fraction of sp³-hybridized carbons (Fsp3) is 0.333. The molecular weight excluding hydrogens is 425 g/mol. The number of halogens is 2. The molecule has 0 aliphatic carbocycles. The van der Waals surface area contributed by atoms with Crippen LogP contribution in [0.1, 0.15) is 15.9 Å². The average molecular weight is 446 g/mol. The number of hydrogen-bond acceptors (Lipinski definition) is 3. The van der Waals surface area contributed by atoms with Crippen molar-refractivity contribution in [3.05, 3.63) is 63.9 Å². The zero-order chi connectivity index (χ0) is 19.7. The van der Waals surface area contributed by atoms with Gasteiger partial charge in [-0.3, -0.25) is 14.5 Å². The first-order valence-corrected chi connectivity index (χ1v) is 10.2. The molecule has 2 aliphatic heterocycles. The number of anilines is 1. The molecule has 4 rings (SSSR count). The third-order valence-electron chi connectivity index (χ3n) is 5.37. The first-order chi connectivity index (χ1) is 13.5. The van der Waals surface area contributed by atoms with Gasteiger partial charge in [-0.1, -0.05) is 18.2 Å². The van der Waals surface area contributed by atoms with E-state index >= 15 is 0 Å². The van der Waals surface area contributed by atoms with Crippen LogP contribution < -0.4 is 4.90 Å². The van der Waals surface area contributed by atoms with Crippen molar-refractivity contribution >= 4 is 33.4 Å². The zero-order valence-electron chi connectivity index (χ0n) is 15.4. The molecule has 1 saturated heterocycles. The number of para-hydroxylation sites is 1. The summed E-state index contributed by atoms with van der Waals surface area (Å²) in [5, 5.41) is 0. The fourth-order valence-electron chi connectivity index (χ4n) is 3.82. The van der Waals surface area contributed by atoms with Gasteiger partial charge in [0.15, 0.2) is 0 Å². The summed E-state index contributed by atoms with van der Waals surface area (Å²) in [6.45, 7) is 3.47. The molecule has 0 unspecified atom stereocenters. The molecule has 2 aliphatic rings. The molecular formula is C21H21BrFN3O2. The molecule has 0 bridgehead atoms. The second kappa shape index (κ2) is 8.01. The van der Waals surface area contributed by atoms with Gasteiger partial charge >= 0.3 is 0 Å². The van der Waals surface area contributed by atoms with Crippen LogP contribution in [0.4, 0.5) is 10.1 Å². The molecule has 0 radical (unpaired) electrons. The van der Waals surface area contributed by atoms with Gasteiger partial charge in [0.2, 0.25) is 5.91 Å². The van der Waals surface area contributed by atoms with E-state index in [0.717, 1.165) is 18.7 Å². The second-order valence-corrected chi connectivity index (χ2v) is 7.97. The normalized spacial score (nSPS) is 16.9. The van der Waals surface area contributed by atoms with Gasteiger partial charge < -0.3 is 9.80 Å². The fourth-order valence-corrected chi connectivity index (χ4v) is 4.34. The van der Waals surface area contributed by atoms with Crippen molar-refractivity contribution in [3.63, 3.8) is 0 Å². The molecule has 0 aromatic heterocycles. The Kier molecular flexibility index (Phi) is 5.46. The highest BCUT2D eigenvalue weighted by molar-refractivity contribution is 9.10. The standard InChI is InChI=1S/C21H21BrFN3O2/c22-18-13-16(23)5-6-17(18)21(28)25-11-9-24(10-12-25)14-20(27)26-8-7-15-3-1-2-4-19(15)26/h1-6,13H,7-12,14H2. The Bertz CT molecular complexity index is 912. The number of fused-ring (bicyclic) bond motifs is 1. The number of rotatable bonds is 3. The molecule has 0 atom stereocenters. The van der Waals surface area contributed by atoms with Gasteiger partial charge in [-0.2, -0.15) is 0 Å². The highest BCUT2D eigenvalue weighted by atomic mass is 79.9. The van der Waals surface area contributed by atoms with Crippen molar-refractivity contribution < 1.29 is 14.0 Å². The van der Waals surface area contributed by atoms with Crippen LogP contribution in [0.25, 0.3) is 0 Å². The number of hydrogen-bond donors (Lipinski definition) is 0. The molecule has 28 heavy (non-hydrogen) atoms. The molecule has 0 saturated carbocycles. The van der Waals surface area contributed by atoms with Crippen LogP contribution in [0.5, 0.6) is 0 Å². The zero-order valence-corrected chi connectivity index (χ0v) is 17.0. The monoisotopic (exact) mass is 445 g/mol. The lowest BCUT2D eigenvalue weighted by Gasteiger charge is -2.35. The molecule has 1 fully saturated rings. The summed E-state index contributed by atoms with van der Waals surface area (Å²) in [5.41, 5.74) is 2.69. The number of benzene rings is 2. The number of piperazine rings is 1. The molecule has 2 aromatic carbocycles. The Labute approximate surface area is 171 Å². The Morgan fingerprint density at radius 2 is 1.75 bits per heavy atom. The molecule has 7 heteroatoms. The first-order valence-electron chi connectivity index (χ1n) is 9.38. The van der Waals surface area contributed by atoms with E-state index < -0.39 is 0 Å². The van der Waals surface area contributed by atoms with Crippen LogP contribution in [-0.2, 0) is 11.2 Å². The van der Waals surface area contributed by atoms with Crippen LogP contribution in [0.3, 0.4) is 0 Å². The summed E-state index contributed by atoms with van der Waals surface area (Å²) in [7, 11) is 0. The lowest BCUT2D eigenvalue weighted by atomic mass is 10.1. The van der Waals surface area contributed by atoms with Gasteiger partial charge in [-0.05, 0) is 52.2 Å². The third kappa shape index (κ3) is 3.82. The highest BCUT2D eigenvalue weighted by Gasteiger charge is 2.28. The van der Waals surface area contributed by atoms with Crippen LogP contribution in [0, 0.1) is 5.82 Å². The lowest BCUT2D eigenvalue weighted by Crippen LogP contribution is -2.51. The number of amides is 2. The van der Waals surface area contributed by atoms with E-state index in [-0.39, 0.29) is 17.6 Å². The van der Waals surface area contributed by atoms with Crippen LogP contribution in [0.15, 0.2) is 46.9 Å². The van der Waals surface area contributed by atoms with E-state index in [2.05, 4.69) is 26.9 Å². The smallest absolute Gasteiger partial charge is 0.255 e. The van der Waals surface area contributed by atoms with Gasteiger partial charge in [-0.25, -0.2) is 4.39 Å². The second-order valence-electron chi connectivity index (χ2n) is 7.12. The Balaban J connectivity index is 1.33. The summed E-state index contributed by atoms with van der Waals surface area (Å²) in [5.74, 6) is -0.396. The Morgan fingerprint density at radius 1 is 1.00 bits per heavy atom. The van der Waals surface area contributed by atoms with Gasteiger partial charge in [-0.15, -0.1) is 0 Å². The summed E-state index contributed by atoms with van der Waals surface area (Å²) < 4.78 is 13.7. The van der Waals surface area contributed by atoms with Crippen molar-refractivity contribution in [2.45, 2.75) is 6.42 Å². The van der Waals surface area contributed by atoms with E-state index in [1.54, 1.807) is 4.90 Å². The molecule has 2 heterocycles. The molecule has 2 amide bonds. The first kappa shape index (κ1) is 19.1. The SMILES string of the molecule is O=C(c1ccc(F)cc1Br)N1CCN(CC(=O)N2CCc3ccccc32)CC1. The van der Waals surface area contributed by atoms with Gasteiger partial charge in [0.05, 0.1) is 12.1 Å². The van der Waals surface area contributed by atoms with Crippen LogP contribution >= 0.6 is 15.9 Å². The van der Waals surface area contributed by atoms with Crippen LogP contribution in [-0.4, -0.2) is 60.9 Å². The predicted octanol–water partition coefficient (Wildman–Crippen LogP) is 2.94. The topological polar surface area (TPSA) is 43.9 Å². The molecule has 5 nitrogen and oxygen atoms in total. The molecule has 2 aromatic rings. The van der Waals surface area contributed by atoms with Crippen molar-refractivity contribution in [2.24, 2.45) is 0 Å². The van der Waals surface area contributed by atoms with Crippen molar-refractivity contribution in [1.82, 2.24) is 9.80 Å².